The van der Waals surface area contributed by atoms with Crippen LogP contribution in [0, 0.1) is 6.92 Å². The van der Waals surface area contributed by atoms with Crippen molar-refractivity contribution in [1.29, 1.82) is 0 Å². The van der Waals surface area contributed by atoms with Crippen molar-refractivity contribution in [3.05, 3.63) is 41.7 Å². The van der Waals surface area contributed by atoms with Gasteiger partial charge >= 0.3 is 0 Å². The highest BCUT2D eigenvalue weighted by Gasteiger charge is 2.10. The molecule has 0 N–H and O–H groups in total. The van der Waals surface area contributed by atoms with Crippen LogP contribution in [0.15, 0.2) is 25.0 Å². The average Bonchev–Trinajstić information content (AvgIpc) is 2.34. The molecule has 1 nitrogen and oxygen atoms in total. The smallest absolute Gasteiger partial charge is 0.0346 e. The Kier molecular flexibility index (Phi) is 1.19. The maximum atomic E-state index is 4.10. The first-order valence-corrected chi connectivity index (χ1v) is 3.61. The topological polar surface area (TPSA) is 12.9 Å². The van der Waals surface area contributed by atoms with Crippen molar-refractivity contribution in [2.45, 2.75) is 6.92 Å². The molecule has 0 spiro atoms. The molecule has 1 aromatic heterocycles. The van der Waals surface area contributed by atoms with Crippen molar-refractivity contribution in [1.82, 2.24) is 4.98 Å². The SMILES string of the molecule is C=C1C=Cc2cncc(C)c21. The summed E-state index contributed by atoms with van der Waals surface area (Å²) in [6, 6.07) is 0. The Morgan fingerprint density at radius 2 is 2.09 bits per heavy atom. The predicted octanol–water partition coefficient (Wildman–Crippen LogP) is 2.43. The predicted molar refractivity (Wildman–Crippen MR) is 47.0 cm³/mol. The molecule has 2 rings (SSSR count). The lowest BCUT2D eigenvalue weighted by Crippen LogP contribution is -1.87. The van der Waals surface area contributed by atoms with Crippen LogP contribution in [0.3, 0.4) is 0 Å². The second kappa shape index (κ2) is 2.06. The zero-order valence-corrected chi connectivity index (χ0v) is 6.46. The van der Waals surface area contributed by atoms with Crippen molar-refractivity contribution in [3.8, 4) is 0 Å². The number of pyridine rings is 1. The van der Waals surface area contributed by atoms with Gasteiger partial charge in [-0.1, -0.05) is 18.7 Å². The van der Waals surface area contributed by atoms with Crippen LogP contribution in [-0.4, -0.2) is 4.98 Å². The average molecular weight is 143 g/mol. The lowest BCUT2D eigenvalue weighted by molar-refractivity contribution is 1.25. The third kappa shape index (κ3) is 0.811. The van der Waals surface area contributed by atoms with Gasteiger partial charge in [-0.25, -0.2) is 0 Å². The number of nitrogens with zero attached hydrogens (tertiary/aromatic N) is 1. The highest BCUT2D eigenvalue weighted by molar-refractivity contribution is 5.89. The van der Waals surface area contributed by atoms with Gasteiger partial charge in [0, 0.05) is 18.0 Å². The zero-order valence-electron chi connectivity index (χ0n) is 6.46. The monoisotopic (exact) mass is 143 g/mol. The van der Waals surface area contributed by atoms with Gasteiger partial charge in [0.05, 0.1) is 0 Å². The Hall–Kier alpha value is -1.37. The number of fused-ring (bicyclic) bond motifs is 1. The molecule has 0 bridgehead atoms. The molecule has 1 aliphatic carbocycles. The van der Waals surface area contributed by atoms with Crippen molar-refractivity contribution in [2.75, 3.05) is 0 Å². The van der Waals surface area contributed by atoms with Crippen molar-refractivity contribution < 1.29 is 0 Å². The number of hydrogen-bond donors (Lipinski definition) is 0. The molecule has 1 aliphatic rings. The minimum Gasteiger partial charge on any atom is -0.264 e. The lowest BCUT2D eigenvalue weighted by Gasteiger charge is -2.02. The molecule has 54 valence electrons. The van der Waals surface area contributed by atoms with Gasteiger partial charge in [0.15, 0.2) is 0 Å². The van der Waals surface area contributed by atoms with Gasteiger partial charge in [-0.3, -0.25) is 4.98 Å². The van der Waals surface area contributed by atoms with Crippen LogP contribution < -0.4 is 0 Å². The Morgan fingerprint density at radius 3 is 2.82 bits per heavy atom. The third-order valence-corrected chi connectivity index (χ3v) is 1.95. The van der Waals surface area contributed by atoms with E-state index in [4.69, 9.17) is 0 Å². The molecule has 0 atom stereocenters. The maximum Gasteiger partial charge on any atom is 0.0346 e. The summed E-state index contributed by atoms with van der Waals surface area (Å²) in [4.78, 5) is 4.10. The second-order valence-electron chi connectivity index (χ2n) is 2.78. The molecule has 0 aromatic carbocycles. The fourth-order valence-corrected chi connectivity index (χ4v) is 1.42. The molecule has 0 fully saturated rings. The van der Waals surface area contributed by atoms with Crippen molar-refractivity contribution >= 4 is 11.6 Å². The number of rotatable bonds is 0. The van der Waals surface area contributed by atoms with Crippen LogP contribution in [0.1, 0.15) is 16.7 Å². The molecule has 11 heavy (non-hydrogen) atoms. The van der Waals surface area contributed by atoms with E-state index >= 15 is 0 Å². The van der Waals surface area contributed by atoms with E-state index in [0.29, 0.717) is 0 Å². The van der Waals surface area contributed by atoms with E-state index in [2.05, 4.69) is 24.6 Å². The Balaban J connectivity index is 2.74. The van der Waals surface area contributed by atoms with Crippen LogP contribution >= 0.6 is 0 Å². The molecule has 0 aliphatic heterocycles. The van der Waals surface area contributed by atoms with E-state index in [1.165, 1.54) is 16.7 Å². The van der Waals surface area contributed by atoms with Crippen LogP contribution in [-0.2, 0) is 0 Å². The summed E-state index contributed by atoms with van der Waals surface area (Å²) in [5.74, 6) is 0. The molecule has 0 saturated carbocycles. The van der Waals surface area contributed by atoms with E-state index in [9.17, 15) is 0 Å². The van der Waals surface area contributed by atoms with Crippen LogP contribution in [0.4, 0.5) is 0 Å². The van der Waals surface area contributed by atoms with Crippen LogP contribution in [0.25, 0.3) is 11.6 Å². The van der Waals surface area contributed by atoms with Crippen LogP contribution in [0.2, 0.25) is 0 Å². The Morgan fingerprint density at radius 1 is 1.27 bits per heavy atom. The molecule has 0 unspecified atom stereocenters. The summed E-state index contributed by atoms with van der Waals surface area (Å²) in [5.41, 5.74) is 4.74. The molecule has 0 saturated heterocycles. The highest BCUT2D eigenvalue weighted by atomic mass is 14.6. The molecule has 0 radical (unpaired) electrons. The number of aryl methyl sites for hydroxylation is 1. The first kappa shape index (κ1) is 6.35. The molecular weight excluding hydrogens is 134 g/mol. The zero-order chi connectivity index (χ0) is 7.84. The van der Waals surface area contributed by atoms with Gasteiger partial charge < -0.3 is 0 Å². The molecular formula is C10H9N. The van der Waals surface area contributed by atoms with E-state index in [0.717, 1.165) is 5.57 Å². The molecule has 1 heteroatoms. The van der Waals surface area contributed by atoms with Gasteiger partial charge in [-0.15, -0.1) is 0 Å². The normalized spacial score (nSPS) is 13.7. The fourth-order valence-electron chi connectivity index (χ4n) is 1.42. The molecule has 0 amide bonds. The molecule has 1 aromatic rings. The minimum absolute atomic E-state index is 1.10. The third-order valence-electron chi connectivity index (χ3n) is 1.95. The second-order valence-corrected chi connectivity index (χ2v) is 2.78. The Bertz CT molecular complexity index is 348. The fraction of sp³-hybridized carbons (Fsp3) is 0.100. The number of allylic oxidation sites excluding steroid dienone is 2. The first-order valence-electron chi connectivity index (χ1n) is 3.61. The minimum atomic E-state index is 1.10. The lowest BCUT2D eigenvalue weighted by atomic mass is 10.1. The Labute approximate surface area is 66.1 Å². The summed E-state index contributed by atoms with van der Waals surface area (Å²) in [6.07, 6.45) is 7.82. The quantitative estimate of drug-likeness (QED) is 0.543. The van der Waals surface area contributed by atoms with E-state index in [-0.39, 0.29) is 0 Å². The van der Waals surface area contributed by atoms with E-state index < -0.39 is 0 Å². The summed E-state index contributed by atoms with van der Waals surface area (Å²) in [6.45, 7) is 6.00. The summed E-state index contributed by atoms with van der Waals surface area (Å²) in [5, 5.41) is 0. The van der Waals surface area contributed by atoms with E-state index in [1.54, 1.807) is 0 Å². The summed E-state index contributed by atoms with van der Waals surface area (Å²) >= 11 is 0. The van der Waals surface area contributed by atoms with Gasteiger partial charge in [-0.2, -0.15) is 0 Å². The standard InChI is InChI=1S/C10H9N/c1-7-3-4-9-6-11-5-8(2)10(7)9/h3-6H,1H2,2H3. The van der Waals surface area contributed by atoms with Gasteiger partial charge in [-0.05, 0) is 23.6 Å². The summed E-state index contributed by atoms with van der Waals surface area (Å²) < 4.78 is 0. The van der Waals surface area contributed by atoms with Crippen molar-refractivity contribution in [2.24, 2.45) is 0 Å². The van der Waals surface area contributed by atoms with E-state index in [1.807, 2.05) is 18.5 Å². The largest absolute Gasteiger partial charge is 0.264 e. The van der Waals surface area contributed by atoms with Gasteiger partial charge in [0.25, 0.3) is 0 Å². The molecule has 1 heterocycles. The first-order chi connectivity index (χ1) is 5.29. The highest BCUT2D eigenvalue weighted by Crippen LogP contribution is 2.29. The number of aromatic nitrogens is 1. The van der Waals surface area contributed by atoms with Crippen LogP contribution in [0.5, 0.6) is 0 Å². The summed E-state index contributed by atoms with van der Waals surface area (Å²) in [7, 11) is 0. The van der Waals surface area contributed by atoms with Gasteiger partial charge in [0.1, 0.15) is 0 Å². The number of hydrogen-bond acceptors (Lipinski definition) is 1. The maximum absolute atomic E-state index is 4.10. The van der Waals surface area contributed by atoms with Gasteiger partial charge in [0.2, 0.25) is 0 Å². The van der Waals surface area contributed by atoms with Crippen molar-refractivity contribution in [3.63, 3.8) is 0 Å².